The molecule has 3 rings (SSSR count). The molecule has 0 aliphatic carbocycles. The van der Waals surface area contributed by atoms with E-state index in [0.717, 1.165) is 15.5 Å². The summed E-state index contributed by atoms with van der Waals surface area (Å²) in [5, 5.41) is 0. The third kappa shape index (κ3) is 2.98. The molecule has 0 saturated carbocycles. The summed E-state index contributed by atoms with van der Waals surface area (Å²) in [4.78, 5) is 12.0. The molecule has 0 radical (unpaired) electrons. The van der Waals surface area contributed by atoms with Gasteiger partial charge in [0.15, 0.2) is 6.10 Å². The van der Waals surface area contributed by atoms with Gasteiger partial charge in [0.1, 0.15) is 5.75 Å². The van der Waals surface area contributed by atoms with E-state index >= 15 is 0 Å². The van der Waals surface area contributed by atoms with Gasteiger partial charge in [-0.3, -0.25) is 0 Å². The van der Waals surface area contributed by atoms with Gasteiger partial charge in [0.05, 0.1) is 17.8 Å². The van der Waals surface area contributed by atoms with E-state index in [0.29, 0.717) is 18.8 Å². The molecule has 0 amide bonds. The number of hydrogen-bond donors (Lipinski definition) is 0. The molecule has 5 nitrogen and oxygen atoms in total. The van der Waals surface area contributed by atoms with Crippen LogP contribution in [0.25, 0.3) is 0 Å². The average Bonchev–Trinajstić information content (AvgIpc) is 2.97. The van der Waals surface area contributed by atoms with Crippen molar-refractivity contribution >= 4 is 34.5 Å². The molecular formula is C17H22BBrO5. The maximum atomic E-state index is 12.0. The zero-order valence-electron chi connectivity index (χ0n) is 14.6. The fraction of sp³-hybridized carbons (Fsp3) is 0.588. The summed E-state index contributed by atoms with van der Waals surface area (Å²) in [6.07, 6.45) is -0.129. The van der Waals surface area contributed by atoms with E-state index in [2.05, 4.69) is 15.9 Å². The largest absolute Gasteiger partial charge is 0.498 e. The lowest BCUT2D eigenvalue weighted by molar-refractivity contribution is -0.150. The number of hydrogen-bond acceptors (Lipinski definition) is 5. The Bertz CT molecular complexity index is 657. The van der Waals surface area contributed by atoms with Crippen molar-refractivity contribution in [3.63, 3.8) is 0 Å². The van der Waals surface area contributed by atoms with Crippen molar-refractivity contribution in [2.45, 2.75) is 58.3 Å². The van der Waals surface area contributed by atoms with Gasteiger partial charge >= 0.3 is 13.1 Å². The summed E-state index contributed by atoms with van der Waals surface area (Å²) in [5.41, 5.74) is 0.870. The van der Waals surface area contributed by atoms with E-state index in [-0.39, 0.29) is 5.97 Å². The Morgan fingerprint density at radius 2 is 1.92 bits per heavy atom. The van der Waals surface area contributed by atoms with E-state index in [1.165, 1.54) is 0 Å². The van der Waals surface area contributed by atoms with Gasteiger partial charge in [0.25, 0.3) is 0 Å². The number of carbonyl (C=O) groups excluding carboxylic acids is 1. The minimum atomic E-state index is -0.615. The summed E-state index contributed by atoms with van der Waals surface area (Å²) < 4.78 is 24.2. The van der Waals surface area contributed by atoms with Gasteiger partial charge in [-0.1, -0.05) is 15.9 Å². The first-order valence-electron chi connectivity index (χ1n) is 8.16. The molecule has 1 aromatic carbocycles. The average molecular weight is 397 g/mol. The highest BCUT2D eigenvalue weighted by molar-refractivity contribution is 9.10. The summed E-state index contributed by atoms with van der Waals surface area (Å²) in [6, 6.07) is 3.89. The molecular weight excluding hydrogens is 375 g/mol. The van der Waals surface area contributed by atoms with Crippen LogP contribution in [0.4, 0.5) is 0 Å². The van der Waals surface area contributed by atoms with Crippen LogP contribution in [0.5, 0.6) is 5.75 Å². The third-order valence-electron chi connectivity index (χ3n) is 4.88. The SMILES string of the molecule is CCOC(=O)C1Cc2cc(Br)cc(B3OC(C)(C)C(C)(C)O3)c2O1. The van der Waals surface area contributed by atoms with Crippen molar-refractivity contribution in [3.8, 4) is 5.75 Å². The summed E-state index contributed by atoms with van der Waals surface area (Å²) in [5.74, 6) is 0.319. The molecule has 1 unspecified atom stereocenters. The van der Waals surface area contributed by atoms with Gasteiger partial charge < -0.3 is 18.8 Å². The van der Waals surface area contributed by atoms with Crippen LogP contribution in [-0.2, 0) is 25.3 Å². The van der Waals surface area contributed by atoms with Crippen LogP contribution in [0, 0.1) is 0 Å². The lowest BCUT2D eigenvalue weighted by atomic mass is 9.77. The van der Waals surface area contributed by atoms with Crippen molar-refractivity contribution in [1.29, 1.82) is 0 Å². The number of esters is 1. The van der Waals surface area contributed by atoms with E-state index in [9.17, 15) is 4.79 Å². The predicted molar refractivity (Wildman–Crippen MR) is 94.6 cm³/mol. The normalized spacial score (nSPS) is 23.8. The van der Waals surface area contributed by atoms with Crippen molar-refractivity contribution in [2.75, 3.05) is 6.61 Å². The van der Waals surface area contributed by atoms with E-state index in [1.54, 1.807) is 6.92 Å². The Hall–Kier alpha value is -1.05. The van der Waals surface area contributed by atoms with Crippen molar-refractivity contribution in [2.24, 2.45) is 0 Å². The number of carbonyl (C=O) groups is 1. The number of benzene rings is 1. The van der Waals surface area contributed by atoms with Crippen molar-refractivity contribution < 1.29 is 23.6 Å². The van der Waals surface area contributed by atoms with E-state index in [4.69, 9.17) is 18.8 Å². The molecule has 130 valence electrons. The van der Waals surface area contributed by atoms with Crippen LogP contribution < -0.4 is 10.2 Å². The van der Waals surface area contributed by atoms with Crippen molar-refractivity contribution in [3.05, 3.63) is 22.2 Å². The molecule has 1 aromatic rings. The Morgan fingerprint density at radius 3 is 2.50 bits per heavy atom. The third-order valence-corrected chi connectivity index (χ3v) is 5.34. The van der Waals surface area contributed by atoms with Gasteiger partial charge in [-0.15, -0.1) is 0 Å². The molecule has 0 aromatic heterocycles. The first kappa shape index (κ1) is 17.8. The number of rotatable bonds is 3. The second-order valence-electron chi connectivity index (χ2n) is 7.13. The first-order chi connectivity index (χ1) is 11.1. The second-order valence-corrected chi connectivity index (χ2v) is 8.05. The van der Waals surface area contributed by atoms with Gasteiger partial charge in [-0.2, -0.15) is 0 Å². The molecule has 1 saturated heterocycles. The van der Waals surface area contributed by atoms with Gasteiger partial charge in [-0.25, -0.2) is 4.79 Å². The fourth-order valence-electron chi connectivity index (χ4n) is 2.86. The highest BCUT2D eigenvalue weighted by Gasteiger charge is 2.53. The van der Waals surface area contributed by atoms with Crippen LogP contribution in [0.2, 0.25) is 0 Å². The Morgan fingerprint density at radius 1 is 1.29 bits per heavy atom. The highest BCUT2D eigenvalue weighted by atomic mass is 79.9. The van der Waals surface area contributed by atoms with Crippen molar-refractivity contribution in [1.82, 2.24) is 0 Å². The predicted octanol–water partition coefficient (Wildman–Crippen LogP) is 2.61. The fourth-order valence-corrected chi connectivity index (χ4v) is 3.39. The van der Waals surface area contributed by atoms with Crippen LogP contribution in [0.3, 0.4) is 0 Å². The standard InChI is InChI=1S/C17H22BBrO5/c1-6-21-15(20)13-8-10-7-11(19)9-12(14(10)22-13)18-23-16(2,3)17(4,5)24-18/h7,9,13H,6,8H2,1-5H3. The molecule has 2 heterocycles. The van der Waals surface area contributed by atoms with E-state index in [1.807, 2.05) is 39.8 Å². The summed E-state index contributed by atoms with van der Waals surface area (Å²) in [7, 11) is -0.540. The lowest BCUT2D eigenvalue weighted by Crippen LogP contribution is -2.41. The second kappa shape index (κ2) is 6.04. The van der Waals surface area contributed by atoms with Gasteiger partial charge in [-0.05, 0) is 52.3 Å². The minimum absolute atomic E-state index is 0.336. The topological polar surface area (TPSA) is 54.0 Å². The van der Waals surface area contributed by atoms with Crippen LogP contribution in [0.1, 0.15) is 40.2 Å². The van der Waals surface area contributed by atoms with Gasteiger partial charge in [0.2, 0.25) is 0 Å². The number of ether oxygens (including phenoxy) is 2. The number of fused-ring (bicyclic) bond motifs is 1. The zero-order valence-corrected chi connectivity index (χ0v) is 16.2. The maximum Gasteiger partial charge on any atom is 0.498 e. The van der Waals surface area contributed by atoms with Gasteiger partial charge in [0, 0.05) is 16.4 Å². The molecule has 0 N–H and O–H groups in total. The van der Waals surface area contributed by atoms with Crippen LogP contribution in [-0.4, -0.2) is 37.0 Å². The van der Waals surface area contributed by atoms with Crippen LogP contribution in [0.15, 0.2) is 16.6 Å². The molecule has 1 atom stereocenters. The molecule has 1 fully saturated rings. The molecule has 0 spiro atoms. The summed E-state index contributed by atoms with van der Waals surface area (Å²) >= 11 is 3.52. The molecule has 0 bridgehead atoms. The molecule has 7 heteroatoms. The molecule has 24 heavy (non-hydrogen) atoms. The molecule has 2 aliphatic rings. The highest BCUT2D eigenvalue weighted by Crippen LogP contribution is 2.39. The maximum absolute atomic E-state index is 12.0. The Labute approximate surface area is 151 Å². The van der Waals surface area contributed by atoms with Crippen LogP contribution >= 0.6 is 15.9 Å². The monoisotopic (exact) mass is 396 g/mol. The zero-order chi connectivity index (χ0) is 17.7. The minimum Gasteiger partial charge on any atom is -0.478 e. The lowest BCUT2D eigenvalue weighted by Gasteiger charge is -2.32. The Balaban J connectivity index is 1.92. The quantitative estimate of drug-likeness (QED) is 0.580. The smallest absolute Gasteiger partial charge is 0.478 e. The number of halogens is 1. The Kier molecular flexibility index (Phi) is 4.47. The first-order valence-corrected chi connectivity index (χ1v) is 8.95. The van der Waals surface area contributed by atoms with E-state index < -0.39 is 24.4 Å². The summed E-state index contributed by atoms with van der Waals surface area (Å²) in [6.45, 7) is 10.1. The molecule has 2 aliphatic heterocycles.